The van der Waals surface area contributed by atoms with Crippen LogP contribution in [-0.4, -0.2) is 5.06 Å². The van der Waals surface area contributed by atoms with Gasteiger partial charge >= 0.3 is 0 Å². The first-order valence-corrected chi connectivity index (χ1v) is 6.75. The van der Waals surface area contributed by atoms with Crippen LogP contribution in [0.5, 0.6) is 0 Å². The van der Waals surface area contributed by atoms with Gasteiger partial charge < -0.3 is 0 Å². The molecule has 0 amide bonds. The molecule has 1 aromatic rings. The third-order valence-corrected chi connectivity index (χ3v) is 4.66. The molecule has 0 aliphatic carbocycles. The number of nitrogens with zero attached hydrogens (tertiary/aromatic N) is 1. The molecule has 4 heteroatoms. The summed E-state index contributed by atoms with van der Waals surface area (Å²) in [6.45, 7) is 7.85. The number of rotatable bonds is 0. The Balaban J connectivity index is 2.85. The van der Waals surface area contributed by atoms with Gasteiger partial charge in [0.1, 0.15) is 0 Å². The van der Waals surface area contributed by atoms with Crippen molar-refractivity contribution < 1.29 is 5.21 Å². The van der Waals surface area contributed by atoms with Crippen molar-refractivity contribution in [3.8, 4) is 0 Å². The van der Waals surface area contributed by atoms with E-state index in [1.807, 2.05) is 39.8 Å². The van der Waals surface area contributed by atoms with E-state index in [4.69, 9.17) is 0 Å². The highest BCUT2D eigenvalue weighted by Crippen LogP contribution is 2.53. The maximum absolute atomic E-state index is 12.4. The molecule has 1 aromatic carbocycles. The first-order valence-electron chi connectivity index (χ1n) is 5.17. The van der Waals surface area contributed by atoms with E-state index in [0.29, 0.717) is 0 Å². The Morgan fingerprint density at radius 3 is 1.56 bits per heavy atom. The van der Waals surface area contributed by atoms with E-state index in [1.54, 1.807) is 0 Å². The number of hydrogen-bond donors (Lipinski definition) is 0. The molecule has 2 rings (SSSR count). The van der Waals surface area contributed by atoms with Crippen LogP contribution in [0.25, 0.3) is 0 Å². The van der Waals surface area contributed by atoms with Crippen LogP contribution in [0.3, 0.4) is 0 Å². The normalized spacial score (nSPS) is 22.2. The summed E-state index contributed by atoms with van der Waals surface area (Å²) in [6.07, 6.45) is 0. The summed E-state index contributed by atoms with van der Waals surface area (Å²) in [5.41, 5.74) is 1.17. The lowest BCUT2D eigenvalue weighted by Crippen LogP contribution is -2.41. The van der Waals surface area contributed by atoms with Gasteiger partial charge in [-0.3, -0.25) is 0 Å². The van der Waals surface area contributed by atoms with Crippen LogP contribution in [0.4, 0.5) is 0 Å². The van der Waals surface area contributed by atoms with E-state index >= 15 is 0 Å². The van der Waals surface area contributed by atoms with Crippen molar-refractivity contribution in [1.29, 1.82) is 0 Å². The summed E-state index contributed by atoms with van der Waals surface area (Å²) in [4.78, 5) is 0. The number of benzene rings is 1. The molecule has 0 spiro atoms. The minimum absolute atomic E-state index is 0.499. The molecule has 0 aromatic heterocycles. The van der Waals surface area contributed by atoms with E-state index in [1.165, 1.54) is 5.06 Å². The number of halogens is 2. The van der Waals surface area contributed by atoms with Gasteiger partial charge in [-0.2, -0.15) is 0 Å². The predicted molar refractivity (Wildman–Crippen MR) is 70.4 cm³/mol. The molecule has 1 aliphatic rings. The van der Waals surface area contributed by atoms with Gasteiger partial charge in [-0.1, -0.05) is 31.9 Å². The van der Waals surface area contributed by atoms with Crippen molar-refractivity contribution >= 4 is 31.9 Å². The van der Waals surface area contributed by atoms with Crippen LogP contribution in [0.15, 0.2) is 21.1 Å². The fourth-order valence-electron chi connectivity index (χ4n) is 2.65. The molecule has 1 aliphatic heterocycles. The van der Waals surface area contributed by atoms with Gasteiger partial charge in [0.25, 0.3) is 0 Å². The fraction of sp³-hybridized carbons (Fsp3) is 0.500. The Hall–Kier alpha value is 0.1000. The zero-order valence-corrected chi connectivity index (χ0v) is 12.9. The van der Waals surface area contributed by atoms with E-state index in [0.717, 1.165) is 20.1 Å². The number of hydrogen-bond acceptors (Lipinski definition) is 1. The molecular weight excluding hydrogens is 334 g/mol. The van der Waals surface area contributed by atoms with Crippen LogP contribution in [0, 0.1) is 0 Å². The second kappa shape index (κ2) is 3.55. The lowest BCUT2D eigenvalue weighted by atomic mass is 9.91. The van der Waals surface area contributed by atoms with E-state index < -0.39 is 11.1 Å². The predicted octanol–water partition coefficient (Wildman–Crippen LogP) is 4.34. The lowest BCUT2D eigenvalue weighted by Gasteiger charge is -2.32. The SMILES string of the molecule is CC1(C)c2c(Br)ccc(Br)c2C(C)(C)N1[O]. The molecule has 87 valence electrons. The molecule has 0 fully saturated rings. The molecular formula is C12H14Br2NO. The Morgan fingerprint density at radius 2 is 1.25 bits per heavy atom. The number of hydroxylamine groups is 2. The van der Waals surface area contributed by atoms with E-state index in [-0.39, 0.29) is 0 Å². The Kier molecular flexibility index (Phi) is 2.78. The first kappa shape index (κ1) is 12.6. The molecule has 1 radical (unpaired) electrons. The molecule has 0 saturated carbocycles. The highest BCUT2D eigenvalue weighted by Gasteiger charge is 2.51. The molecule has 1 heterocycles. The lowest BCUT2D eigenvalue weighted by molar-refractivity contribution is -0.266. The molecule has 0 N–H and O–H groups in total. The summed E-state index contributed by atoms with van der Waals surface area (Å²) >= 11 is 7.10. The zero-order valence-electron chi connectivity index (χ0n) is 9.77. The van der Waals surface area contributed by atoms with Crippen LogP contribution >= 0.6 is 31.9 Å². The van der Waals surface area contributed by atoms with Crippen molar-refractivity contribution in [3.05, 3.63) is 32.2 Å². The third-order valence-electron chi connectivity index (χ3n) is 3.34. The van der Waals surface area contributed by atoms with Gasteiger partial charge in [-0.25, -0.2) is 0 Å². The standard InChI is InChI=1S/C12H14Br2NO/c1-11(2)9-7(13)5-6-8(14)10(9)12(3,4)15(11)16/h5-6H,1-4H3. The average Bonchev–Trinajstić information content (AvgIpc) is 2.32. The minimum Gasteiger partial charge on any atom is -0.135 e. The Morgan fingerprint density at radius 1 is 0.938 bits per heavy atom. The molecule has 0 bridgehead atoms. The van der Waals surface area contributed by atoms with Gasteiger partial charge in [0, 0.05) is 8.95 Å². The van der Waals surface area contributed by atoms with Crippen molar-refractivity contribution in [2.45, 2.75) is 38.8 Å². The minimum atomic E-state index is -0.499. The quantitative estimate of drug-likeness (QED) is 0.684. The molecule has 2 nitrogen and oxygen atoms in total. The molecule has 0 saturated heterocycles. The van der Waals surface area contributed by atoms with Gasteiger partial charge in [0.15, 0.2) is 0 Å². The summed E-state index contributed by atoms with van der Waals surface area (Å²) in [5.74, 6) is 0. The summed E-state index contributed by atoms with van der Waals surface area (Å²) in [6, 6.07) is 3.97. The van der Waals surface area contributed by atoms with Gasteiger partial charge in [0.05, 0.1) is 11.1 Å². The second-order valence-corrected chi connectivity index (χ2v) is 6.90. The van der Waals surface area contributed by atoms with E-state index in [9.17, 15) is 5.21 Å². The van der Waals surface area contributed by atoms with Crippen molar-refractivity contribution in [1.82, 2.24) is 5.06 Å². The van der Waals surface area contributed by atoms with Crippen LogP contribution in [0.2, 0.25) is 0 Å². The second-order valence-electron chi connectivity index (χ2n) is 5.19. The maximum atomic E-state index is 12.4. The largest absolute Gasteiger partial charge is 0.135 e. The summed E-state index contributed by atoms with van der Waals surface area (Å²) < 4.78 is 2.00. The van der Waals surface area contributed by atoms with E-state index in [2.05, 4.69) is 31.9 Å². The molecule has 0 atom stereocenters. The van der Waals surface area contributed by atoms with Crippen molar-refractivity contribution in [3.63, 3.8) is 0 Å². The highest BCUT2D eigenvalue weighted by molar-refractivity contribution is 9.11. The smallest absolute Gasteiger partial charge is 0.0710 e. The topological polar surface area (TPSA) is 23.1 Å². The number of fused-ring (bicyclic) bond motifs is 1. The Bertz CT molecular complexity index is 414. The van der Waals surface area contributed by atoms with Crippen LogP contribution in [0.1, 0.15) is 38.8 Å². The van der Waals surface area contributed by atoms with Crippen molar-refractivity contribution in [2.75, 3.05) is 0 Å². The summed E-state index contributed by atoms with van der Waals surface area (Å²) in [5, 5.41) is 13.6. The maximum Gasteiger partial charge on any atom is 0.0710 e. The zero-order chi connectivity index (χ0) is 12.3. The Labute approximate surface area is 113 Å². The monoisotopic (exact) mass is 346 g/mol. The third kappa shape index (κ3) is 1.43. The van der Waals surface area contributed by atoms with Gasteiger partial charge in [0.2, 0.25) is 0 Å². The van der Waals surface area contributed by atoms with Crippen LogP contribution < -0.4 is 0 Å². The summed E-state index contributed by atoms with van der Waals surface area (Å²) in [7, 11) is 0. The highest BCUT2D eigenvalue weighted by atomic mass is 79.9. The molecule has 0 unspecified atom stereocenters. The van der Waals surface area contributed by atoms with Gasteiger partial charge in [-0.15, -0.1) is 10.3 Å². The van der Waals surface area contributed by atoms with Gasteiger partial charge in [-0.05, 0) is 51.0 Å². The van der Waals surface area contributed by atoms with Crippen LogP contribution in [-0.2, 0) is 16.3 Å². The average molecular weight is 348 g/mol. The van der Waals surface area contributed by atoms with Crippen molar-refractivity contribution in [2.24, 2.45) is 0 Å². The fourth-order valence-corrected chi connectivity index (χ4v) is 4.28. The first-order chi connectivity index (χ1) is 7.20. The molecule has 16 heavy (non-hydrogen) atoms.